The Kier molecular flexibility index (Phi) is 8.14. The van der Waals surface area contributed by atoms with Crippen LogP contribution in [0.1, 0.15) is 26.2 Å². The van der Waals surface area contributed by atoms with Crippen molar-refractivity contribution in [3.63, 3.8) is 0 Å². The smallest absolute Gasteiger partial charge is 0.305 e. The fourth-order valence-electron chi connectivity index (χ4n) is 1.80. The first-order chi connectivity index (χ1) is 10.6. The van der Waals surface area contributed by atoms with E-state index in [0.29, 0.717) is 37.5 Å². The van der Waals surface area contributed by atoms with Crippen LogP contribution in [-0.2, 0) is 9.53 Å². The van der Waals surface area contributed by atoms with Crippen molar-refractivity contribution in [3.8, 4) is 11.5 Å². The average molecular weight is 310 g/mol. The third-order valence-corrected chi connectivity index (χ3v) is 3.27. The molecule has 22 heavy (non-hydrogen) atoms. The highest BCUT2D eigenvalue weighted by Crippen LogP contribution is 2.29. The number of rotatable bonds is 10. The van der Waals surface area contributed by atoms with Crippen molar-refractivity contribution in [1.82, 2.24) is 0 Å². The number of benzene rings is 1. The standard InChI is InChI=1S/C16H26N2O4/c1-4-12(17)11-18-14-8-7-13(10-15(14)20-2)22-9-5-6-16(19)21-3/h7-8,10,12,18H,4-6,9,11,17H2,1-3H3/t12-/m0/s1. The fourth-order valence-corrected chi connectivity index (χ4v) is 1.80. The molecule has 0 saturated carbocycles. The summed E-state index contributed by atoms with van der Waals surface area (Å²) in [5, 5.41) is 3.27. The van der Waals surface area contributed by atoms with Gasteiger partial charge in [0.05, 0.1) is 26.5 Å². The van der Waals surface area contributed by atoms with Gasteiger partial charge in [0, 0.05) is 25.1 Å². The van der Waals surface area contributed by atoms with Crippen LogP contribution in [0, 0.1) is 0 Å². The van der Waals surface area contributed by atoms with E-state index in [9.17, 15) is 4.79 Å². The number of methoxy groups -OCH3 is 2. The summed E-state index contributed by atoms with van der Waals surface area (Å²) < 4.78 is 15.5. The Morgan fingerprint density at radius 3 is 2.77 bits per heavy atom. The lowest BCUT2D eigenvalue weighted by atomic mass is 10.2. The molecular formula is C16H26N2O4. The van der Waals surface area contributed by atoms with Crippen LogP contribution >= 0.6 is 0 Å². The first-order valence-corrected chi connectivity index (χ1v) is 7.47. The number of carbonyl (C=O) groups is 1. The Morgan fingerprint density at radius 1 is 1.36 bits per heavy atom. The molecule has 0 saturated heterocycles. The molecule has 0 aliphatic rings. The number of nitrogens with two attached hydrogens (primary N) is 1. The summed E-state index contributed by atoms with van der Waals surface area (Å²) in [4.78, 5) is 11.0. The minimum Gasteiger partial charge on any atom is -0.494 e. The molecule has 1 atom stereocenters. The van der Waals surface area contributed by atoms with Gasteiger partial charge in [-0.05, 0) is 25.0 Å². The van der Waals surface area contributed by atoms with Gasteiger partial charge in [0.1, 0.15) is 11.5 Å². The SMILES string of the molecule is CC[C@H](N)CNc1ccc(OCCCC(=O)OC)cc1OC. The molecule has 0 aliphatic carbocycles. The second-order valence-corrected chi connectivity index (χ2v) is 4.94. The van der Waals surface area contributed by atoms with E-state index in [4.69, 9.17) is 15.2 Å². The number of hydrogen-bond donors (Lipinski definition) is 2. The lowest BCUT2D eigenvalue weighted by molar-refractivity contribution is -0.140. The monoisotopic (exact) mass is 310 g/mol. The second-order valence-electron chi connectivity index (χ2n) is 4.94. The molecule has 0 bridgehead atoms. The third kappa shape index (κ3) is 6.22. The quantitative estimate of drug-likeness (QED) is 0.509. The molecule has 1 aromatic rings. The van der Waals surface area contributed by atoms with Gasteiger partial charge in [-0.15, -0.1) is 0 Å². The molecule has 0 amide bonds. The number of carbonyl (C=O) groups excluding carboxylic acids is 1. The molecule has 0 spiro atoms. The van der Waals surface area contributed by atoms with E-state index in [-0.39, 0.29) is 12.0 Å². The van der Waals surface area contributed by atoms with Crippen molar-refractivity contribution < 1.29 is 19.0 Å². The van der Waals surface area contributed by atoms with E-state index in [2.05, 4.69) is 17.0 Å². The molecule has 3 N–H and O–H groups in total. The first kappa shape index (κ1) is 18.1. The Bertz CT molecular complexity index is 465. The number of ether oxygens (including phenoxy) is 3. The van der Waals surface area contributed by atoms with Crippen LogP contribution in [0.15, 0.2) is 18.2 Å². The van der Waals surface area contributed by atoms with Crippen molar-refractivity contribution in [1.29, 1.82) is 0 Å². The molecule has 0 unspecified atom stereocenters. The maximum Gasteiger partial charge on any atom is 0.305 e. The molecule has 6 heteroatoms. The summed E-state index contributed by atoms with van der Waals surface area (Å²) in [6, 6.07) is 5.69. The zero-order chi connectivity index (χ0) is 16.4. The van der Waals surface area contributed by atoms with Gasteiger partial charge in [-0.3, -0.25) is 4.79 Å². The second kappa shape index (κ2) is 9.89. The molecule has 124 valence electrons. The lowest BCUT2D eigenvalue weighted by Gasteiger charge is -2.15. The predicted molar refractivity (Wildman–Crippen MR) is 86.5 cm³/mol. The van der Waals surface area contributed by atoms with Crippen LogP contribution in [0.25, 0.3) is 0 Å². The summed E-state index contributed by atoms with van der Waals surface area (Å²) in [7, 11) is 2.99. The van der Waals surface area contributed by atoms with Crippen molar-refractivity contribution in [2.24, 2.45) is 5.73 Å². The van der Waals surface area contributed by atoms with Gasteiger partial charge < -0.3 is 25.3 Å². The topological polar surface area (TPSA) is 82.8 Å². The highest BCUT2D eigenvalue weighted by molar-refractivity contribution is 5.69. The summed E-state index contributed by atoms with van der Waals surface area (Å²) in [5.41, 5.74) is 6.78. The maximum absolute atomic E-state index is 11.0. The van der Waals surface area contributed by atoms with Gasteiger partial charge in [-0.2, -0.15) is 0 Å². The number of anilines is 1. The zero-order valence-electron chi connectivity index (χ0n) is 13.6. The van der Waals surface area contributed by atoms with E-state index in [1.165, 1.54) is 7.11 Å². The molecule has 0 aliphatic heterocycles. The Balaban J connectivity index is 2.51. The molecule has 0 fully saturated rings. The Labute approximate surface area is 131 Å². The van der Waals surface area contributed by atoms with E-state index in [1.54, 1.807) is 7.11 Å². The Morgan fingerprint density at radius 2 is 2.14 bits per heavy atom. The van der Waals surface area contributed by atoms with Crippen LogP contribution in [0.5, 0.6) is 11.5 Å². The fraction of sp³-hybridized carbons (Fsp3) is 0.562. The van der Waals surface area contributed by atoms with E-state index in [1.807, 2.05) is 18.2 Å². The lowest BCUT2D eigenvalue weighted by Crippen LogP contribution is -2.28. The van der Waals surface area contributed by atoms with Crippen molar-refractivity contribution >= 4 is 11.7 Å². The zero-order valence-corrected chi connectivity index (χ0v) is 13.6. The van der Waals surface area contributed by atoms with Crippen LogP contribution in [-0.4, -0.2) is 39.4 Å². The molecule has 0 radical (unpaired) electrons. The van der Waals surface area contributed by atoms with Crippen LogP contribution in [0.2, 0.25) is 0 Å². The number of hydrogen-bond acceptors (Lipinski definition) is 6. The largest absolute Gasteiger partial charge is 0.494 e. The third-order valence-electron chi connectivity index (χ3n) is 3.27. The van der Waals surface area contributed by atoms with Crippen LogP contribution < -0.4 is 20.5 Å². The normalized spacial score (nSPS) is 11.6. The number of nitrogens with one attached hydrogen (secondary N) is 1. The van der Waals surface area contributed by atoms with E-state index in [0.717, 1.165) is 12.1 Å². The van der Waals surface area contributed by atoms with Gasteiger partial charge in [0.25, 0.3) is 0 Å². The highest BCUT2D eigenvalue weighted by atomic mass is 16.5. The van der Waals surface area contributed by atoms with Gasteiger partial charge in [0.2, 0.25) is 0 Å². The minimum atomic E-state index is -0.229. The van der Waals surface area contributed by atoms with Crippen LogP contribution in [0.4, 0.5) is 5.69 Å². The van der Waals surface area contributed by atoms with Crippen LogP contribution in [0.3, 0.4) is 0 Å². The van der Waals surface area contributed by atoms with Crippen molar-refractivity contribution in [3.05, 3.63) is 18.2 Å². The van der Waals surface area contributed by atoms with Crippen molar-refractivity contribution in [2.45, 2.75) is 32.2 Å². The van der Waals surface area contributed by atoms with Gasteiger partial charge in [-0.25, -0.2) is 0 Å². The molecule has 0 aromatic heterocycles. The molecule has 1 rings (SSSR count). The summed E-state index contributed by atoms with van der Waals surface area (Å²) in [6.45, 7) is 3.19. The van der Waals surface area contributed by atoms with E-state index >= 15 is 0 Å². The van der Waals surface area contributed by atoms with Gasteiger partial charge in [0.15, 0.2) is 0 Å². The summed E-state index contributed by atoms with van der Waals surface area (Å²) >= 11 is 0. The predicted octanol–water partition coefficient (Wildman–Crippen LogP) is 2.18. The van der Waals surface area contributed by atoms with Crippen molar-refractivity contribution in [2.75, 3.05) is 32.7 Å². The molecule has 6 nitrogen and oxygen atoms in total. The average Bonchev–Trinajstić information content (AvgIpc) is 2.56. The maximum atomic E-state index is 11.0. The molecule has 0 heterocycles. The minimum absolute atomic E-state index is 0.110. The summed E-state index contributed by atoms with van der Waals surface area (Å²) in [6.07, 6.45) is 1.87. The summed E-state index contributed by atoms with van der Waals surface area (Å²) in [5.74, 6) is 1.17. The highest BCUT2D eigenvalue weighted by Gasteiger charge is 2.07. The van der Waals surface area contributed by atoms with Gasteiger partial charge >= 0.3 is 5.97 Å². The number of esters is 1. The molecule has 1 aromatic carbocycles. The Hall–Kier alpha value is -1.95. The first-order valence-electron chi connectivity index (χ1n) is 7.47. The molecular weight excluding hydrogens is 284 g/mol. The van der Waals surface area contributed by atoms with Gasteiger partial charge in [-0.1, -0.05) is 6.92 Å². The van der Waals surface area contributed by atoms with E-state index < -0.39 is 0 Å².